The molecule has 25 heavy (non-hydrogen) atoms. The maximum Gasteiger partial charge on any atom is 0.227 e. The number of rotatable bonds is 4. The fraction of sp³-hybridized carbons (Fsp3) is 0.526. The SMILES string of the molecule is CN1CCN(c2nc3c(c(NCc4ccccn4)n2)CCCC3)CC1. The standard InChI is InChI=1S/C19H26N6/c1-24-10-12-25(13-11-24)19-22-17-8-3-2-7-16(17)18(23-19)21-14-15-6-4-5-9-20-15/h4-6,9H,2-3,7-8,10-14H2,1H3,(H,21,22,23). The van der Waals surface area contributed by atoms with Crippen LogP contribution in [0.25, 0.3) is 0 Å². The van der Waals surface area contributed by atoms with E-state index in [0.717, 1.165) is 56.5 Å². The van der Waals surface area contributed by atoms with Crippen LogP contribution in [0.3, 0.4) is 0 Å². The van der Waals surface area contributed by atoms with Gasteiger partial charge in [0.25, 0.3) is 0 Å². The first kappa shape index (κ1) is 16.3. The molecule has 1 saturated heterocycles. The van der Waals surface area contributed by atoms with Crippen molar-refractivity contribution in [2.45, 2.75) is 32.2 Å². The monoisotopic (exact) mass is 338 g/mol. The number of likely N-dealkylation sites (N-methyl/N-ethyl adjacent to an activating group) is 1. The van der Waals surface area contributed by atoms with E-state index >= 15 is 0 Å². The lowest BCUT2D eigenvalue weighted by Crippen LogP contribution is -2.45. The first-order valence-electron chi connectivity index (χ1n) is 9.26. The number of hydrogen-bond donors (Lipinski definition) is 1. The second-order valence-electron chi connectivity index (χ2n) is 6.97. The zero-order valence-corrected chi connectivity index (χ0v) is 14.9. The zero-order chi connectivity index (χ0) is 17.1. The molecule has 0 amide bonds. The van der Waals surface area contributed by atoms with Gasteiger partial charge in [-0.1, -0.05) is 6.07 Å². The Kier molecular flexibility index (Phi) is 4.78. The van der Waals surface area contributed by atoms with E-state index in [9.17, 15) is 0 Å². The third-order valence-corrected chi connectivity index (χ3v) is 5.12. The van der Waals surface area contributed by atoms with Crippen molar-refractivity contribution in [1.82, 2.24) is 19.9 Å². The number of pyridine rings is 1. The van der Waals surface area contributed by atoms with Gasteiger partial charge in [-0.3, -0.25) is 4.98 Å². The predicted octanol–water partition coefficient (Wildman–Crippen LogP) is 2.11. The van der Waals surface area contributed by atoms with Crippen LogP contribution >= 0.6 is 0 Å². The van der Waals surface area contributed by atoms with Gasteiger partial charge in [-0.15, -0.1) is 0 Å². The highest BCUT2D eigenvalue weighted by Crippen LogP contribution is 2.28. The van der Waals surface area contributed by atoms with Gasteiger partial charge in [0, 0.05) is 37.9 Å². The van der Waals surface area contributed by atoms with E-state index in [1.54, 1.807) is 0 Å². The summed E-state index contributed by atoms with van der Waals surface area (Å²) in [5, 5.41) is 3.53. The van der Waals surface area contributed by atoms with Crippen LogP contribution in [0.1, 0.15) is 29.8 Å². The lowest BCUT2D eigenvalue weighted by atomic mass is 9.96. The quantitative estimate of drug-likeness (QED) is 0.921. The van der Waals surface area contributed by atoms with Crippen LogP contribution in [0.15, 0.2) is 24.4 Å². The Labute approximate surface area is 149 Å². The largest absolute Gasteiger partial charge is 0.364 e. The predicted molar refractivity (Wildman–Crippen MR) is 99.9 cm³/mol. The number of nitrogens with zero attached hydrogens (tertiary/aromatic N) is 5. The highest BCUT2D eigenvalue weighted by molar-refractivity contribution is 5.52. The van der Waals surface area contributed by atoms with Crippen LogP contribution in [-0.4, -0.2) is 53.1 Å². The number of hydrogen-bond acceptors (Lipinski definition) is 6. The van der Waals surface area contributed by atoms with Crippen molar-refractivity contribution in [1.29, 1.82) is 0 Å². The van der Waals surface area contributed by atoms with E-state index in [1.807, 2.05) is 24.4 Å². The molecule has 0 atom stereocenters. The Morgan fingerprint density at radius 2 is 1.88 bits per heavy atom. The van der Waals surface area contributed by atoms with Gasteiger partial charge in [0.2, 0.25) is 5.95 Å². The van der Waals surface area contributed by atoms with Crippen molar-refractivity contribution in [3.05, 3.63) is 41.3 Å². The number of piperazine rings is 1. The highest BCUT2D eigenvalue weighted by atomic mass is 15.3. The first-order chi connectivity index (χ1) is 12.3. The van der Waals surface area contributed by atoms with Crippen LogP contribution in [0.4, 0.5) is 11.8 Å². The second-order valence-corrected chi connectivity index (χ2v) is 6.97. The summed E-state index contributed by atoms with van der Waals surface area (Å²) in [5.41, 5.74) is 3.57. The summed E-state index contributed by atoms with van der Waals surface area (Å²) in [7, 11) is 2.17. The van der Waals surface area contributed by atoms with Crippen LogP contribution in [0.2, 0.25) is 0 Å². The van der Waals surface area contributed by atoms with Crippen molar-refractivity contribution in [3.8, 4) is 0 Å². The summed E-state index contributed by atoms with van der Waals surface area (Å²) in [4.78, 5) is 18.9. The summed E-state index contributed by atoms with van der Waals surface area (Å²) in [6.45, 7) is 4.82. The first-order valence-corrected chi connectivity index (χ1v) is 9.26. The molecule has 2 aromatic rings. The number of anilines is 2. The maximum atomic E-state index is 4.92. The molecule has 6 heteroatoms. The van der Waals surface area contributed by atoms with Gasteiger partial charge in [-0.25, -0.2) is 4.98 Å². The van der Waals surface area contributed by atoms with Gasteiger partial charge < -0.3 is 15.1 Å². The lowest BCUT2D eigenvalue weighted by molar-refractivity contribution is 0.311. The van der Waals surface area contributed by atoms with Crippen molar-refractivity contribution in [2.24, 2.45) is 0 Å². The molecule has 0 unspecified atom stereocenters. The van der Waals surface area contributed by atoms with Crippen molar-refractivity contribution in [2.75, 3.05) is 43.4 Å². The molecule has 0 aromatic carbocycles. The average Bonchev–Trinajstić information content (AvgIpc) is 2.67. The summed E-state index contributed by atoms with van der Waals surface area (Å²) in [6.07, 6.45) is 6.43. The molecule has 132 valence electrons. The molecular weight excluding hydrogens is 312 g/mol. The minimum atomic E-state index is 0.701. The van der Waals surface area contributed by atoms with Gasteiger partial charge in [0.15, 0.2) is 0 Å². The summed E-state index contributed by atoms with van der Waals surface area (Å²) in [6, 6.07) is 6.01. The third kappa shape index (κ3) is 3.74. The van der Waals surface area contributed by atoms with Gasteiger partial charge in [-0.05, 0) is 44.9 Å². The molecule has 2 aromatic heterocycles. The molecule has 6 nitrogen and oxygen atoms in total. The number of aromatic nitrogens is 3. The molecule has 0 bridgehead atoms. The van der Waals surface area contributed by atoms with Crippen LogP contribution in [0, 0.1) is 0 Å². The Balaban J connectivity index is 1.58. The van der Waals surface area contributed by atoms with Crippen LogP contribution in [0.5, 0.6) is 0 Å². The van der Waals surface area contributed by atoms with Gasteiger partial charge in [0.1, 0.15) is 5.82 Å². The topological polar surface area (TPSA) is 57.2 Å². The van der Waals surface area contributed by atoms with E-state index < -0.39 is 0 Å². The second kappa shape index (κ2) is 7.35. The number of aryl methyl sites for hydroxylation is 1. The smallest absolute Gasteiger partial charge is 0.227 e. The maximum absolute atomic E-state index is 4.92. The van der Waals surface area contributed by atoms with Crippen molar-refractivity contribution < 1.29 is 0 Å². The minimum Gasteiger partial charge on any atom is -0.364 e. The Morgan fingerprint density at radius 1 is 1.04 bits per heavy atom. The fourth-order valence-electron chi connectivity index (χ4n) is 3.55. The average molecular weight is 338 g/mol. The molecule has 1 fully saturated rings. The number of fused-ring (bicyclic) bond motifs is 1. The number of nitrogens with one attached hydrogen (secondary N) is 1. The van der Waals surface area contributed by atoms with E-state index in [-0.39, 0.29) is 0 Å². The van der Waals surface area contributed by atoms with Crippen molar-refractivity contribution >= 4 is 11.8 Å². The van der Waals surface area contributed by atoms with E-state index in [2.05, 4.69) is 27.1 Å². The summed E-state index contributed by atoms with van der Waals surface area (Å²) < 4.78 is 0. The van der Waals surface area contributed by atoms with E-state index in [4.69, 9.17) is 9.97 Å². The molecule has 1 N–H and O–H groups in total. The minimum absolute atomic E-state index is 0.701. The summed E-state index contributed by atoms with van der Waals surface area (Å²) >= 11 is 0. The molecule has 2 aliphatic rings. The van der Waals surface area contributed by atoms with Crippen molar-refractivity contribution in [3.63, 3.8) is 0 Å². The molecule has 3 heterocycles. The Morgan fingerprint density at radius 3 is 2.68 bits per heavy atom. The molecule has 1 aliphatic carbocycles. The zero-order valence-electron chi connectivity index (χ0n) is 14.9. The van der Waals surface area contributed by atoms with Gasteiger partial charge in [-0.2, -0.15) is 4.98 Å². The third-order valence-electron chi connectivity index (χ3n) is 5.12. The molecule has 0 spiro atoms. The van der Waals surface area contributed by atoms with Crippen LogP contribution in [-0.2, 0) is 19.4 Å². The van der Waals surface area contributed by atoms with Gasteiger partial charge >= 0.3 is 0 Å². The van der Waals surface area contributed by atoms with Crippen LogP contribution < -0.4 is 10.2 Å². The normalized spacial score (nSPS) is 18.0. The molecule has 1 aliphatic heterocycles. The Bertz CT molecular complexity index is 709. The van der Waals surface area contributed by atoms with E-state index in [0.29, 0.717) is 6.54 Å². The lowest BCUT2D eigenvalue weighted by Gasteiger charge is -2.33. The Hall–Kier alpha value is -2.21. The van der Waals surface area contributed by atoms with E-state index in [1.165, 1.54) is 24.1 Å². The molecule has 4 rings (SSSR count). The highest BCUT2D eigenvalue weighted by Gasteiger charge is 2.22. The molecule has 0 radical (unpaired) electrons. The van der Waals surface area contributed by atoms with Gasteiger partial charge in [0.05, 0.1) is 17.9 Å². The molecular formula is C19H26N6. The summed E-state index contributed by atoms with van der Waals surface area (Å²) in [5.74, 6) is 1.89. The fourth-order valence-corrected chi connectivity index (χ4v) is 3.55. The molecule has 0 saturated carbocycles.